The number of rotatable bonds is 7. The molecule has 7 nitrogen and oxygen atoms in total. The largest absolute Gasteiger partial charge is 0.462 e. The van der Waals surface area contributed by atoms with Crippen LogP contribution in [0.1, 0.15) is 35.0 Å². The maximum atomic E-state index is 12.9. The molecule has 1 saturated heterocycles. The summed E-state index contributed by atoms with van der Waals surface area (Å²) >= 11 is 2.75. The molecule has 2 aromatic rings. The monoisotopic (exact) mass is 482 g/mol. The third kappa shape index (κ3) is 5.49. The number of carbonyl (C=O) groups is 2. The van der Waals surface area contributed by atoms with Crippen molar-refractivity contribution >= 4 is 50.0 Å². The summed E-state index contributed by atoms with van der Waals surface area (Å²) in [5.41, 5.74) is 0.757. The molecule has 2 heterocycles. The van der Waals surface area contributed by atoms with E-state index in [4.69, 9.17) is 4.74 Å². The molecule has 1 aliphatic heterocycles. The number of hydrogen-bond donors (Lipinski definition) is 1. The van der Waals surface area contributed by atoms with Crippen molar-refractivity contribution < 1.29 is 22.7 Å². The van der Waals surface area contributed by atoms with E-state index in [0.717, 1.165) is 10.5 Å². The van der Waals surface area contributed by atoms with Gasteiger partial charge in [0, 0.05) is 23.9 Å². The number of anilines is 1. The Morgan fingerprint density at radius 3 is 2.45 bits per heavy atom. The average Bonchev–Trinajstić information content (AvgIpc) is 3.14. The SMILES string of the molecule is CCOC(=O)c1sc(NC(=O)C2CCN(S(=O)(=O)c3ccc(SC)cc3)CC2)cc1C. The molecule has 1 aromatic heterocycles. The van der Waals surface area contributed by atoms with Gasteiger partial charge in [0.05, 0.1) is 16.5 Å². The summed E-state index contributed by atoms with van der Waals surface area (Å²) in [5, 5.41) is 3.46. The molecule has 3 rings (SSSR count). The lowest BCUT2D eigenvalue weighted by Gasteiger charge is -2.30. The number of esters is 1. The predicted molar refractivity (Wildman–Crippen MR) is 123 cm³/mol. The minimum atomic E-state index is -3.57. The molecule has 1 amide bonds. The Labute approximate surface area is 191 Å². The third-order valence-electron chi connectivity index (χ3n) is 5.15. The Morgan fingerprint density at radius 2 is 1.87 bits per heavy atom. The molecule has 0 radical (unpaired) electrons. The van der Waals surface area contributed by atoms with E-state index in [-0.39, 0.29) is 16.7 Å². The van der Waals surface area contributed by atoms with Crippen LogP contribution < -0.4 is 5.32 Å². The molecule has 168 valence electrons. The smallest absolute Gasteiger partial charge is 0.348 e. The summed E-state index contributed by atoms with van der Waals surface area (Å²) in [5.74, 6) is -0.827. The van der Waals surface area contributed by atoms with E-state index in [1.807, 2.05) is 6.26 Å². The zero-order chi connectivity index (χ0) is 22.6. The molecular weight excluding hydrogens is 456 g/mol. The van der Waals surface area contributed by atoms with Crippen LogP contribution in [0.2, 0.25) is 0 Å². The molecule has 0 atom stereocenters. The number of nitrogens with zero attached hydrogens (tertiary/aromatic N) is 1. The molecule has 0 bridgehead atoms. The second kappa shape index (κ2) is 10.2. The normalized spacial score (nSPS) is 15.6. The van der Waals surface area contributed by atoms with Gasteiger partial charge in [0.15, 0.2) is 0 Å². The van der Waals surface area contributed by atoms with Gasteiger partial charge in [-0.2, -0.15) is 4.31 Å². The second-order valence-electron chi connectivity index (χ2n) is 7.19. The second-order valence-corrected chi connectivity index (χ2v) is 11.1. The quantitative estimate of drug-likeness (QED) is 0.474. The first kappa shape index (κ1) is 23.8. The van der Waals surface area contributed by atoms with Crippen LogP contribution in [0.25, 0.3) is 0 Å². The Bertz CT molecular complexity index is 1040. The molecule has 10 heteroatoms. The predicted octanol–water partition coefficient (Wildman–Crippen LogP) is 3.99. The van der Waals surface area contributed by atoms with Crippen molar-refractivity contribution in [1.82, 2.24) is 4.31 Å². The van der Waals surface area contributed by atoms with Crippen LogP contribution in [0.3, 0.4) is 0 Å². The Morgan fingerprint density at radius 1 is 1.23 bits per heavy atom. The van der Waals surface area contributed by atoms with Crippen molar-refractivity contribution in [2.75, 3.05) is 31.3 Å². The summed E-state index contributed by atoms with van der Waals surface area (Å²) in [4.78, 5) is 26.4. The fourth-order valence-electron chi connectivity index (χ4n) is 3.42. The number of thiophene rings is 1. The lowest BCUT2D eigenvalue weighted by Crippen LogP contribution is -2.41. The summed E-state index contributed by atoms with van der Waals surface area (Å²) in [7, 11) is -3.57. The van der Waals surface area contributed by atoms with Gasteiger partial charge in [-0.05, 0) is 68.8 Å². The minimum absolute atomic E-state index is 0.155. The maximum Gasteiger partial charge on any atom is 0.348 e. The number of thioether (sulfide) groups is 1. The number of carbonyl (C=O) groups excluding carboxylic acids is 2. The summed E-state index contributed by atoms with van der Waals surface area (Å²) in [6, 6.07) is 8.60. The van der Waals surface area contributed by atoms with Crippen molar-refractivity contribution in [2.24, 2.45) is 5.92 Å². The van der Waals surface area contributed by atoms with Gasteiger partial charge in [-0.1, -0.05) is 0 Å². The van der Waals surface area contributed by atoms with E-state index in [1.165, 1.54) is 15.6 Å². The van der Waals surface area contributed by atoms with Crippen LogP contribution in [0.4, 0.5) is 5.00 Å². The molecule has 0 saturated carbocycles. The summed E-state index contributed by atoms with van der Waals surface area (Å²) in [6.45, 7) is 4.43. The van der Waals surface area contributed by atoms with Crippen LogP contribution in [-0.2, 0) is 19.6 Å². The Hall–Kier alpha value is -1.88. The van der Waals surface area contributed by atoms with Crippen LogP contribution in [0.15, 0.2) is 40.1 Å². The fourth-order valence-corrected chi connectivity index (χ4v) is 6.27. The molecule has 1 aromatic carbocycles. The first-order valence-electron chi connectivity index (χ1n) is 9.99. The number of hydrogen-bond acceptors (Lipinski definition) is 7. The van der Waals surface area contributed by atoms with Crippen LogP contribution in [0, 0.1) is 12.8 Å². The standard InChI is InChI=1S/C21H26N2O5S3/c1-4-28-21(25)19-14(2)13-18(30-19)22-20(24)15-9-11-23(12-10-15)31(26,27)17-7-5-16(29-3)6-8-17/h5-8,13,15H,4,9-12H2,1-3H3,(H,22,24). The summed E-state index contributed by atoms with van der Waals surface area (Å²) < 4.78 is 32.3. The van der Waals surface area contributed by atoms with Gasteiger partial charge in [-0.25, -0.2) is 13.2 Å². The van der Waals surface area contributed by atoms with Gasteiger partial charge in [0.1, 0.15) is 4.88 Å². The summed E-state index contributed by atoms with van der Waals surface area (Å²) in [6.07, 6.45) is 2.83. The maximum absolute atomic E-state index is 12.9. The molecule has 1 N–H and O–H groups in total. The fraction of sp³-hybridized carbons (Fsp3) is 0.429. The van der Waals surface area contributed by atoms with Crippen molar-refractivity contribution in [3.8, 4) is 0 Å². The average molecular weight is 483 g/mol. The molecule has 1 fully saturated rings. The molecule has 31 heavy (non-hydrogen) atoms. The zero-order valence-corrected chi connectivity index (χ0v) is 20.2. The number of piperidine rings is 1. The lowest BCUT2D eigenvalue weighted by atomic mass is 9.97. The van der Waals surface area contributed by atoms with Crippen molar-refractivity contribution in [3.05, 3.63) is 40.8 Å². The number of aryl methyl sites for hydroxylation is 1. The highest BCUT2D eigenvalue weighted by Crippen LogP contribution is 2.30. The first-order valence-corrected chi connectivity index (χ1v) is 13.5. The highest BCUT2D eigenvalue weighted by molar-refractivity contribution is 7.98. The van der Waals surface area contributed by atoms with Crippen LogP contribution >= 0.6 is 23.1 Å². The van der Waals surface area contributed by atoms with E-state index in [0.29, 0.717) is 42.4 Å². The van der Waals surface area contributed by atoms with E-state index in [2.05, 4.69) is 5.32 Å². The Kier molecular flexibility index (Phi) is 7.79. The Balaban J connectivity index is 1.59. The van der Waals surface area contributed by atoms with Crippen LogP contribution in [-0.4, -0.2) is 50.6 Å². The molecular formula is C21H26N2O5S3. The molecule has 1 aliphatic rings. The molecule has 0 aliphatic carbocycles. The van der Waals surface area contributed by atoms with Crippen LogP contribution in [0.5, 0.6) is 0 Å². The number of sulfonamides is 1. The van der Waals surface area contributed by atoms with Crippen molar-refractivity contribution in [3.63, 3.8) is 0 Å². The van der Waals surface area contributed by atoms with Gasteiger partial charge in [-0.3, -0.25) is 4.79 Å². The first-order chi connectivity index (χ1) is 14.8. The number of amides is 1. The highest BCUT2D eigenvalue weighted by atomic mass is 32.2. The number of benzene rings is 1. The third-order valence-corrected chi connectivity index (χ3v) is 8.94. The number of ether oxygens (including phenoxy) is 1. The molecule has 0 spiro atoms. The van der Waals surface area contributed by atoms with Crippen molar-refractivity contribution in [2.45, 2.75) is 36.5 Å². The molecule has 0 unspecified atom stereocenters. The van der Waals surface area contributed by atoms with Gasteiger partial charge in [-0.15, -0.1) is 23.1 Å². The lowest BCUT2D eigenvalue weighted by molar-refractivity contribution is -0.120. The van der Waals surface area contributed by atoms with E-state index in [1.54, 1.807) is 55.9 Å². The van der Waals surface area contributed by atoms with Gasteiger partial charge in [0.2, 0.25) is 15.9 Å². The van der Waals surface area contributed by atoms with E-state index in [9.17, 15) is 18.0 Å². The number of nitrogens with one attached hydrogen (secondary N) is 1. The van der Waals surface area contributed by atoms with Crippen molar-refractivity contribution in [1.29, 1.82) is 0 Å². The van der Waals surface area contributed by atoms with Gasteiger partial charge < -0.3 is 10.1 Å². The van der Waals surface area contributed by atoms with E-state index >= 15 is 0 Å². The zero-order valence-electron chi connectivity index (χ0n) is 17.7. The minimum Gasteiger partial charge on any atom is -0.462 e. The van der Waals surface area contributed by atoms with E-state index < -0.39 is 16.0 Å². The topological polar surface area (TPSA) is 92.8 Å². The highest BCUT2D eigenvalue weighted by Gasteiger charge is 2.32. The van der Waals surface area contributed by atoms with Gasteiger partial charge in [0.25, 0.3) is 0 Å². The van der Waals surface area contributed by atoms with Gasteiger partial charge >= 0.3 is 5.97 Å².